The summed E-state index contributed by atoms with van der Waals surface area (Å²) in [6, 6.07) is 13.7. The van der Waals surface area contributed by atoms with Gasteiger partial charge in [-0.2, -0.15) is 0 Å². The largest absolute Gasteiger partial charge is 0.349 e. The average Bonchev–Trinajstić information content (AvgIpc) is 2.97. The maximum atomic E-state index is 13.0. The van der Waals surface area contributed by atoms with Crippen LogP contribution in [0.3, 0.4) is 0 Å². The van der Waals surface area contributed by atoms with E-state index in [0.29, 0.717) is 11.3 Å². The van der Waals surface area contributed by atoms with E-state index >= 15 is 0 Å². The van der Waals surface area contributed by atoms with Crippen LogP contribution in [0.25, 0.3) is 0 Å². The molecule has 5 nitrogen and oxygen atoms in total. The van der Waals surface area contributed by atoms with Crippen molar-refractivity contribution < 1.29 is 13.2 Å². The molecule has 6 heteroatoms. The fourth-order valence-corrected chi connectivity index (χ4v) is 4.78. The van der Waals surface area contributed by atoms with E-state index in [1.165, 1.54) is 36.3 Å². The van der Waals surface area contributed by atoms with Gasteiger partial charge in [0.25, 0.3) is 15.9 Å². The molecule has 0 unspecified atom stereocenters. The third-order valence-corrected chi connectivity index (χ3v) is 7.12. The Kier molecular flexibility index (Phi) is 6.39. The Labute approximate surface area is 167 Å². The lowest BCUT2D eigenvalue weighted by Crippen LogP contribution is -2.34. The molecule has 2 aromatic rings. The van der Waals surface area contributed by atoms with E-state index in [1.54, 1.807) is 24.3 Å². The molecule has 1 aliphatic rings. The lowest BCUT2D eigenvalue weighted by Gasteiger charge is -2.20. The normalized spacial score (nSPS) is 15.6. The van der Waals surface area contributed by atoms with E-state index in [1.807, 2.05) is 19.1 Å². The Morgan fingerprint density at radius 2 is 1.64 bits per heavy atom. The second kappa shape index (κ2) is 8.78. The Morgan fingerprint density at radius 1 is 1.00 bits per heavy atom. The van der Waals surface area contributed by atoms with Crippen molar-refractivity contribution in [2.24, 2.45) is 0 Å². The standard InChI is InChI=1S/C22H28N2O3S/c1-17-12-14-20(15-13-17)24(2)28(26,27)21-11-7-8-18(16-21)22(25)23-19-9-5-3-4-6-10-19/h7-8,11-16,19H,3-6,9-10H2,1-2H3,(H,23,25). The molecular weight excluding hydrogens is 372 g/mol. The van der Waals surface area contributed by atoms with E-state index in [2.05, 4.69) is 5.32 Å². The van der Waals surface area contributed by atoms with Gasteiger partial charge in [-0.3, -0.25) is 9.10 Å². The monoisotopic (exact) mass is 400 g/mol. The van der Waals surface area contributed by atoms with Crippen molar-refractivity contribution in [3.63, 3.8) is 0 Å². The number of amides is 1. The SMILES string of the molecule is Cc1ccc(N(C)S(=O)(=O)c2cccc(C(=O)NC3CCCCCC3)c2)cc1. The highest BCUT2D eigenvalue weighted by molar-refractivity contribution is 7.92. The molecular formula is C22H28N2O3S. The first kappa shape index (κ1) is 20.4. The van der Waals surface area contributed by atoms with E-state index in [4.69, 9.17) is 0 Å². The van der Waals surface area contributed by atoms with Crippen LogP contribution in [0.5, 0.6) is 0 Å². The van der Waals surface area contributed by atoms with Gasteiger partial charge in [0.15, 0.2) is 0 Å². The number of nitrogens with zero attached hydrogens (tertiary/aromatic N) is 1. The summed E-state index contributed by atoms with van der Waals surface area (Å²) >= 11 is 0. The van der Waals surface area contributed by atoms with Gasteiger partial charge < -0.3 is 5.32 Å². The van der Waals surface area contributed by atoms with Gasteiger partial charge in [-0.05, 0) is 50.1 Å². The summed E-state index contributed by atoms with van der Waals surface area (Å²) in [4.78, 5) is 12.8. The van der Waals surface area contributed by atoms with Gasteiger partial charge in [0.2, 0.25) is 0 Å². The number of rotatable bonds is 5. The molecule has 1 fully saturated rings. The zero-order valence-electron chi connectivity index (χ0n) is 16.5. The predicted octanol–water partition coefficient (Wildman–Crippen LogP) is 4.27. The van der Waals surface area contributed by atoms with Crippen molar-refractivity contribution in [3.05, 3.63) is 59.7 Å². The summed E-state index contributed by atoms with van der Waals surface area (Å²) in [5.41, 5.74) is 2.02. The Balaban J connectivity index is 1.79. The van der Waals surface area contributed by atoms with Gasteiger partial charge in [0.1, 0.15) is 0 Å². The van der Waals surface area contributed by atoms with E-state index in [-0.39, 0.29) is 16.8 Å². The maximum absolute atomic E-state index is 13.0. The van der Waals surface area contributed by atoms with Gasteiger partial charge in [-0.1, -0.05) is 49.4 Å². The highest BCUT2D eigenvalue weighted by atomic mass is 32.2. The Bertz CT molecular complexity index is 915. The van der Waals surface area contributed by atoms with Crippen LogP contribution >= 0.6 is 0 Å². The number of carbonyl (C=O) groups excluding carboxylic acids is 1. The molecule has 28 heavy (non-hydrogen) atoms. The van der Waals surface area contributed by atoms with Crippen molar-refractivity contribution in [1.29, 1.82) is 0 Å². The van der Waals surface area contributed by atoms with Crippen LogP contribution < -0.4 is 9.62 Å². The van der Waals surface area contributed by atoms with Crippen LogP contribution in [0, 0.1) is 6.92 Å². The molecule has 1 aliphatic carbocycles. The van der Waals surface area contributed by atoms with Crippen LogP contribution in [-0.4, -0.2) is 27.4 Å². The molecule has 0 bridgehead atoms. The van der Waals surface area contributed by atoms with Gasteiger partial charge in [-0.15, -0.1) is 0 Å². The molecule has 0 aromatic heterocycles. The van der Waals surface area contributed by atoms with Gasteiger partial charge in [0.05, 0.1) is 10.6 Å². The molecule has 0 aliphatic heterocycles. The zero-order valence-corrected chi connectivity index (χ0v) is 17.3. The fraction of sp³-hybridized carbons (Fsp3) is 0.409. The van der Waals surface area contributed by atoms with Crippen molar-refractivity contribution >= 4 is 21.6 Å². The Hall–Kier alpha value is -2.34. The smallest absolute Gasteiger partial charge is 0.264 e. The minimum absolute atomic E-state index is 0.115. The number of benzene rings is 2. The summed E-state index contributed by atoms with van der Waals surface area (Å²) in [5, 5.41) is 3.07. The summed E-state index contributed by atoms with van der Waals surface area (Å²) < 4.78 is 27.3. The summed E-state index contributed by atoms with van der Waals surface area (Å²) in [5.74, 6) is -0.207. The first-order valence-corrected chi connectivity index (χ1v) is 11.3. The number of nitrogens with one attached hydrogen (secondary N) is 1. The van der Waals surface area contributed by atoms with E-state index < -0.39 is 10.0 Å². The van der Waals surface area contributed by atoms with Crippen molar-refractivity contribution in [3.8, 4) is 0 Å². The molecule has 1 N–H and O–H groups in total. The molecule has 0 heterocycles. The van der Waals surface area contributed by atoms with Crippen molar-refractivity contribution in [2.75, 3.05) is 11.4 Å². The third-order valence-electron chi connectivity index (χ3n) is 5.34. The van der Waals surface area contributed by atoms with E-state index in [0.717, 1.165) is 31.2 Å². The van der Waals surface area contributed by atoms with Crippen molar-refractivity contribution in [2.45, 2.75) is 56.4 Å². The molecule has 1 amide bonds. The molecule has 3 rings (SSSR count). The van der Waals surface area contributed by atoms with Crippen LogP contribution in [0.2, 0.25) is 0 Å². The number of sulfonamides is 1. The van der Waals surface area contributed by atoms with Crippen LogP contribution in [0.15, 0.2) is 53.4 Å². The summed E-state index contributed by atoms with van der Waals surface area (Å²) in [6.45, 7) is 1.95. The minimum Gasteiger partial charge on any atom is -0.349 e. The van der Waals surface area contributed by atoms with E-state index in [9.17, 15) is 13.2 Å². The topological polar surface area (TPSA) is 66.5 Å². The molecule has 1 saturated carbocycles. The zero-order chi connectivity index (χ0) is 20.1. The number of hydrogen-bond acceptors (Lipinski definition) is 3. The molecule has 150 valence electrons. The number of hydrogen-bond donors (Lipinski definition) is 1. The molecule has 0 saturated heterocycles. The number of anilines is 1. The average molecular weight is 401 g/mol. The highest BCUT2D eigenvalue weighted by Gasteiger charge is 2.23. The van der Waals surface area contributed by atoms with Crippen molar-refractivity contribution in [1.82, 2.24) is 5.32 Å². The lowest BCUT2D eigenvalue weighted by molar-refractivity contribution is 0.0933. The fourth-order valence-electron chi connectivity index (χ4n) is 3.54. The van der Waals surface area contributed by atoms with Gasteiger partial charge >= 0.3 is 0 Å². The summed E-state index contributed by atoms with van der Waals surface area (Å²) in [7, 11) is -2.22. The maximum Gasteiger partial charge on any atom is 0.264 e. The molecule has 0 spiro atoms. The Morgan fingerprint density at radius 3 is 2.29 bits per heavy atom. The van der Waals surface area contributed by atoms with Gasteiger partial charge in [-0.25, -0.2) is 8.42 Å². The minimum atomic E-state index is -3.75. The third kappa shape index (κ3) is 4.73. The molecule has 0 radical (unpaired) electrons. The predicted molar refractivity (Wildman–Crippen MR) is 112 cm³/mol. The number of carbonyl (C=O) groups is 1. The second-order valence-electron chi connectivity index (χ2n) is 7.50. The summed E-state index contributed by atoms with van der Waals surface area (Å²) in [6.07, 6.45) is 6.65. The second-order valence-corrected chi connectivity index (χ2v) is 9.47. The quantitative estimate of drug-likeness (QED) is 0.762. The highest BCUT2D eigenvalue weighted by Crippen LogP contribution is 2.23. The first-order chi connectivity index (χ1) is 13.4. The van der Waals surface area contributed by atoms with Crippen LogP contribution in [0.4, 0.5) is 5.69 Å². The molecule has 0 atom stereocenters. The number of aryl methyl sites for hydroxylation is 1. The first-order valence-electron chi connectivity index (χ1n) is 9.84. The van der Waals surface area contributed by atoms with Crippen LogP contribution in [0.1, 0.15) is 54.4 Å². The lowest BCUT2D eigenvalue weighted by atomic mass is 10.1. The van der Waals surface area contributed by atoms with Gasteiger partial charge in [0, 0.05) is 18.7 Å². The molecule has 2 aromatic carbocycles. The van der Waals surface area contributed by atoms with Crippen LogP contribution in [-0.2, 0) is 10.0 Å².